The van der Waals surface area contributed by atoms with E-state index < -0.39 is 0 Å². The monoisotopic (exact) mass is 270 g/mol. The average Bonchev–Trinajstić information content (AvgIpc) is 2.45. The molecule has 0 saturated heterocycles. The molecule has 0 amide bonds. The molecule has 0 radical (unpaired) electrons. The zero-order valence-electron chi connectivity index (χ0n) is 10.8. The molecule has 0 aliphatic carbocycles. The number of halogens is 1. The average molecular weight is 271 g/mol. The molecule has 0 aromatic heterocycles. The lowest BCUT2D eigenvalue weighted by Gasteiger charge is -2.02. The lowest BCUT2D eigenvalue weighted by atomic mass is 10.2. The van der Waals surface area contributed by atoms with Gasteiger partial charge >= 0.3 is 0 Å². The van der Waals surface area contributed by atoms with Gasteiger partial charge < -0.3 is 0 Å². The van der Waals surface area contributed by atoms with Gasteiger partial charge in [-0.15, -0.1) is 0 Å². The van der Waals surface area contributed by atoms with Gasteiger partial charge in [-0.3, -0.25) is 4.99 Å². The predicted molar refractivity (Wildman–Crippen MR) is 82.1 cm³/mol. The summed E-state index contributed by atoms with van der Waals surface area (Å²) < 4.78 is 0. The van der Waals surface area contributed by atoms with Crippen LogP contribution >= 0.6 is 11.6 Å². The van der Waals surface area contributed by atoms with Crippen molar-refractivity contribution < 1.29 is 0 Å². The first kappa shape index (κ1) is 13.5. The number of hydrogen-bond acceptors (Lipinski definition) is 1. The van der Waals surface area contributed by atoms with Crippen molar-refractivity contribution in [2.24, 2.45) is 9.98 Å². The highest BCUT2D eigenvalue weighted by Gasteiger charge is 2.01. The van der Waals surface area contributed by atoms with Crippen LogP contribution in [0.4, 0.5) is 0 Å². The van der Waals surface area contributed by atoms with Crippen molar-refractivity contribution in [3.8, 4) is 0 Å². The fourth-order valence-electron chi connectivity index (χ4n) is 1.67. The minimum Gasteiger partial charge on any atom is -0.261 e. The minimum absolute atomic E-state index is 0.482. The first-order valence-corrected chi connectivity index (χ1v) is 6.48. The highest BCUT2D eigenvalue weighted by Crippen LogP contribution is 2.07. The topological polar surface area (TPSA) is 24.7 Å². The number of amidine groups is 1. The second-order valence-corrected chi connectivity index (χ2v) is 4.65. The molecule has 0 saturated carbocycles. The van der Waals surface area contributed by atoms with Crippen molar-refractivity contribution >= 4 is 22.6 Å². The van der Waals surface area contributed by atoms with E-state index in [9.17, 15) is 0 Å². The Balaban J connectivity index is 2.26. The fraction of sp³-hybridized carbons (Fsp3) is 0.125. The molecule has 96 valence electrons. The first-order valence-electron chi connectivity index (χ1n) is 6.10. The highest BCUT2D eigenvalue weighted by molar-refractivity contribution is 6.65. The summed E-state index contributed by atoms with van der Waals surface area (Å²) in [5, 5.41) is 0.482. The maximum Gasteiger partial charge on any atom is 0.156 e. The summed E-state index contributed by atoms with van der Waals surface area (Å²) in [4.78, 5) is 8.84. The maximum atomic E-state index is 5.87. The predicted octanol–water partition coefficient (Wildman–Crippen LogP) is 4.29. The van der Waals surface area contributed by atoms with E-state index in [0.717, 1.165) is 11.1 Å². The molecule has 0 unspecified atom stereocenters. The molecule has 0 N–H and O–H groups in total. The van der Waals surface area contributed by atoms with Crippen LogP contribution in [0.1, 0.15) is 18.1 Å². The summed E-state index contributed by atoms with van der Waals surface area (Å²) in [5.41, 5.74) is 2.12. The highest BCUT2D eigenvalue weighted by atomic mass is 35.5. The normalized spacial score (nSPS) is 12.5. The van der Waals surface area contributed by atoms with E-state index in [-0.39, 0.29) is 0 Å². The Hall–Kier alpha value is -1.93. The van der Waals surface area contributed by atoms with Crippen LogP contribution in [0.5, 0.6) is 0 Å². The van der Waals surface area contributed by atoms with E-state index in [1.165, 1.54) is 0 Å². The number of rotatable bonds is 3. The van der Waals surface area contributed by atoms with E-state index in [1.54, 1.807) is 6.92 Å². The minimum atomic E-state index is 0.482. The van der Waals surface area contributed by atoms with Gasteiger partial charge in [0, 0.05) is 5.56 Å². The molecule has 2 rings (SSSR count). The summed E-state index contributed by atoms with van der Waals surface area (Å²) in [6.45, 7) is 2.35. The van der Waals surface area contributed by atoms with Crippen molar-refractivity contribution in [1.29, 1.82) is 0 Å². The van der Waals surface area contributed by atoms with Crippen LogP contribution in [-0.2, 0) is 6.54 Å². The van der Waals surface area contributed by atoms with E-state index in [2.05, 4.69) is 9.98 Å². The molecule has 2 aromatic rings. The number of nitrogens with zero attached hydrogens (tertiary/aromatic N) is 2. The van der Waals surface area contributed by atoms with Gasteiger partial charge in [0.25, 0.3) is 0 Å². The zero-order chi connectivity index (χ0) is 13.5. The van der Waals surface area contributed by atoms with Crippen molar-refractivity contribution in [3.63, 3.8) is 0 Å². The third-order valence-corrected chi connectivity index (χ3v) is 2.63. The summed E-state index contributed by atoms with van der Waals surface area (Å²) >= 11 is 5.87. The quantitative estimate of drug-likeness (QED) is 0.587. The van der Waals surface area contributed by atoms with Crippen molar-refractivity contribution in [3.05, 3.63) is 71.8 Å². The Morgan fingerprint density at radius 1 is 0.947 bits per heavy atom. The third-order valence-electron chi connectivity index (χ3n) is 2.55. The maximum absolute atomic E-state index is 5.87. The molecule has 0 aliphatic heterocycles. The summed E-state index contributed by atoms with van der Waals surface area (Å²) in [7, 11) is 0. The van der Waals surface area contributed by atoms with E-state index in [0.29, 0.717) is 17.6 Å². The number of aliphatic imine (C=N–C) groups is 2. The summed E-state index contributed by atoms with van der Waals surface area (Å²) in [6.07, 6.45) is 0. The molecule has 0 fully saturated rings. The van der Waals surface area contributed by atoms with Crippen molar-refractivity contribution in [2.75, 3.05) is 0 Å². The van der Waals surface area contributed by atoms with Crippen LogP contribution in [0.15, 0.2) is 70.6 Å². The molecule has 2 nitrogen and oxygen atoms in total. The molecule has 0 heterocycles. The molecular formula is C16H15ClN2. The molecule has 2 aromatic carbocycles. The largest absolute Gasteiger partial charge is 0.261 e. The number of hydrogen-bond donors (Lipinski definition) is 0. The van der Waals surface area contributed by atoms with E-state index in [1.807, 2.05) is 60.7 Å². The van der Waals surface area contributed by atoms with Gasteiger partial charge in [0.1, 0.15) is 5.17 Å². The Morgan fingerprint density at radius 3 is 2.11 bits per heavy atom. The van der Waals surface area contributed by atoms with E-state index in [4.69, 9.17) is 11.6 Å². The molecule has 19 heavy (non-hydrogen) atoms. The smallest absolute Gasteiger partial charge is 0.156 e. The SMILES string of the molecule is C/C(Cl)=N\C(=N/Cc1ccccc1)c1ccccc1. The van der Waals surface area contributed by atoms with Crippen LogP contribution in [-0.4, -0.2) is 11.0 Å². The van der Waals surface area contributed by atoms with Crippen LogP contribution in [0.25, 0.3) is 0 Å². The summed E-state index contributed by atoms with van der Waals surface area (Å²) in [6, 6.07) is 19.9. The van der Waals surface area contributed by atoms with Crippen LogP contribution in [0.2, 0.25) is 0 Å². The third kappa shape index (κ3) is 4.34. The zero-order valence-corrected chi connectivity index (χ0v) is 11.5. The van der Waals surface area contributed by atoms with E-state index >= 15 is 0 Å². The molecule has 0 spiro atoms. The second kappa shape index (κ2) is 6.86. The Kier molecular flexibility index (Phi) is 4.87. The van der Waals surface area contributed by atoms with Crippen LogP contribution < -0.4 is 0 Å². The lowest BCUT2D eigenvalue weighted by molar-refractivity contribution is 1.06. The lowest BCUT2D eigenvalue weighted by Crippen LogP contribution is -2.00. The number of benzene rings is 2. The van der Waals surface area contributed by atoms with Gasteiger partial charge in [0.05, 0.1) is 6.54 Å². The van der Waals surface area contributed by atoms with Crippen LogP contribution in [0, 0.1) is 0 Å². The van der Waals surface area contributed by atoms with Crippen molar-refractivity contribution in [1.82, 2.24) is 0 Å². The van der Waals surface area contributed by atoms with Crippen molar-refractivity contribution in [2.45, 2.75) is 13.5 Å². The Morgan fingerprint density at radius 2 is 1.53 bits per heavy atom. The Labute approximate surface area is 118 Å². The molecule has 0 aliphatic rings. The molecule has 0 bridgehead atoms. The molecular weight excluding hydrogens is 256 g/mol. The molecule has 3 heteroatoms. The van der Waals surface area contributed by atoms with Gasteiger partial charge in [-0.2, -0.15) is 0 Å². The Bertz CT molecular complexity index is 570. The second-order valence-electron chi connectivity index (χ2n) is 4.10. The van der Waals surface area contributed by atoms with Gasteiger partial charge in [-0.25, -0.2) is 4.99 Å². The van der Waals surface area contributed by atoms with Gasteiger partial charge in [-0.05, 0) is 12.5 Å². The summed E-state index contributed by atoms with van der Waals surface area (Å²) in [5.74, 6) is 0.664. The standard InChI is InChI=1S/C16H15ClN2/c1-13(17)19-16(15-10-6-3-7-11-15)18-12-14-8-4-2-5-9-14/h2-11H,12H2,1H3/b18-16-,19-13+. The van der Waals surface area contributed by atoms with Gasteiger partial charge in [0.15, 0.2) is 5.84 Å². The molecule has 0 atom stereocenters. The van der Waals surface area contributed by atoms with Crippen LogP contribution in [0.3, 0.4) is 0 Å². The fourth-order valence-corrected chi connectivity index (χ4v) is 1.75. The van der Waals surface area contributed by atoms with Gasteiger partial charge in [-0.1, -0.05) is 72.3 Å². The van der Waals surface area contributed by atoms with Gasteiger partial charge in [0.2, 0.25) is 0 Å². The first-order chi connectivity index (χ1) is 9.25.